The van der Waals surface area contributed by atoms with Gasteiger partial charge in [-0.2, -0.15) is 0 Å². The molecule has 3 N–H and O–H groups in total. The number of rotatable bonds is 7. The Bertz CT molecular complexity index is 869. The van der Waals surface area contributed by atoms with Gasteiger partial charge in [-0.25, -0.2) is 0 Å². The minimum Gasteiger partial charge on any atom is -0.481 e. The molecule has 0 radical (unpaired) electrons. The Hall–Kier alpha value is -3.12. The molecule has 25 heavy (non-hydrogen) atoms. The van der Waals surface area contributed by atoms with Crippen molar-refractivity contribution in [3.05, 3.63) is 66.6 Å². The van der Waals surface area contributed by atoms with Gasteiger partial charge >= 0.3 is 5.97 Å². The summed E-state index contributed by atoms with van der Waals surface area (Å²) < 4.78 is 5.20. The van der Waals surface area contributed by atoms with Crippen LogP contribution < -0.4 is 10.6 Å². The number of carbonyl (C=O) groups excluding carboxylic acids is 1. The van der Waals surface area contributed by atoms with E-state index in [0.29, 0.717) is 11.4 Å². The maximum absolute atomic E-state index is 12.6. The van der Waals surface area contributed by atoms with Crippen molar-refractivity contribution in [2.24, 2.45) is 0 Å². The second-order valence-electron chi connectivity index (χ2n) is 5.63. The Morgan fingerprint density at radius 1 is 1.04 bits per heavy atom. The molecule has 0 aliphatic heterocycles. The highest BCUT2D eigenvalue weighted by Crippen LogP contribution is 2.23. The van der Waals surface area contributed by atoms with Crippen LogP contribution in [0.4, 0.5) is 5.69 Å². The Morgan fingerprint density at radius 3 is 2.60 bits per heavy atom. The van der Waals surface area contributed by atoms with Gasteiger partial charge in [-0.05, 0) is 23.6 Å². The second-order valence-corrected chi connectivity index (χ2v) is 5.63. The minimum atomic E-state index is -1.05. The molecule has 0 bridgehead atoms. The summed E-state index contributed by atoms with van der Waals surface area (Å²) in [5.74, 6) is -0.816. The molecule has 0 unspecified atom stereocenters. The normalized spacial score (nSPS) is 12.0. The van der Waals surface area contributed by atoms with Gasteiger partial charge < -0.3 is 14.8 Å². The average molecular weight is 338 g/mol. The van der Waals surface area contributed by atoms with Gasteiger partial charge in [-0.3, -0.25) is 14.9 Å². The van der Waals surface area contributed by atoms with Gasteiger partial charge in [0, 0.05) is 11.1 Å². The molecule has 3 aromatic rings. The molecule has 2 aromatic carbocycles. The lowest BCUT2D eigenvalue weighted by Crippen LogP contribution is -2.41. The summed E-state index contributed by atoms with van der Waals surface area (Å²) in [6.07, 6.45) is 1.21. The summed E-state index contributed by atoms with van der Waals surface area (Å²) in [5, 5.41) is 16.7. The van der Waals surface area contributed by atoms with Crippen molar-refractivity contribution in [3.8, 4) is 0 Å². The smallest absolute Gasteiger partial charge is 0.305 e. The van der Waals surface area contributed by atoms with Crippen LogP contribution in [0.1, 0.15) is 12.2 Å². The van der Waals surface area contributed by atoms with Gasteiger partial charge in [-0.1, -0.05) is 36.4 Å². The number of carbonyl (C=O) groups is 2. The number of hydrogen-bond acceptors (Lipinski definition) is 4. The largest absolute Gasteiger partial charge is 0.481 e. The lowest BCUT2D eigenvalue weighted by atomic mass is 10.1. The molecule has 6 nitrogen and oxygen atoms in total. The van der Waals surface area contributed by atoms with Crippen molar-refractivity contribution < 1.29 is 19.1 Å². The van der Waals surface area contributed by atoms with Crippen LogP contribution in [-0.2, 0) is 16.1 Å². The topological polar surface area (TPSA) is 91.6 Å². The standard InChI is InChI=1S/C19H18N2O4/c22-18(23)11-17(20-12-14-7-4-10-25-14)19(24)21-16-9-3-6-13-5-1-2-8-15(13)16/h1-10,17,20H,11-12H2,(H,21,24)(H,22,23)/t17-/m1/s1. The fraction of sp³-hybridized carbons (Fsp3) is 0.158. The maximum Gasteiger partial charge on any atom is 0.305 e. The number of aliphatic carboxylic acids is 1. The summed E-state index contributed by atoms with van der Waals surface area (Å²) >= 11 is 0. The van der Waals surface area contributed by atoms with E-state index < -0.39 is 17.9 Å². The van der Waals surface area contributed by atoms with Crippen molar-refractivity contribution in [1.29, 1.82) is 0 Å². The van der Waals surface area contributed by atoms with E-state index in [2.05, 4.69) is 10.6 Å². The van der Waals surface area contributed by atoms with E-state index in [1.165, 1.54) is 6.26 Å². The van der Waals surface area contributed by atoms with Gasteiger partial charge in [0.25, 0.3) is 0 Å². The van der Waals surface area contributed by atoms with Crippen molar-refractivity contribution in [2.75, 3.05) is 5.32 Å². The number of carboxylic acids is 1. The Labute approximate surface area is 144 Å². The van der Waals surface area contributed by atoms with Crippen molar-refractivity contribution in [1.82, 2.24) is 5.32 Å². The summed E-state index contributed by atoms with van der Waals surface area (Å²) in [7, 11) is 0. The monoisotopic (exact) mass is 338 g/mol. The van der Waals surface area contributed by atoms with Crippen LogP contribution in [0.15, 0.2) is 65.3 Å². The molecule has 1 amide bonds. The van der Waals surface area contributed by atoms with Crippen LogP contribution in [0.5, 0.6) is 0 Å². The number of fused-ring (bicyclic) bond motifs is 1. The number of anilines is 1. The van der Waals surface area contributed by atoms with E-state index in [-0.39, 0.29) is 13.0 Å². The van der Waals surface area contributed by atoms with E-state index in [0.717, 1.165) is 10.8 Å². The molecule has 0 spiro atoms. The van der Waals surface area contributed by atoms with Crippen molar-refractivity contribution >= 4 is 28.3 Å². The van der Waals surface area contributed by atoms with Crippen LogP contribution in [0.25, 0.3) is 10.8 Å². The number of hydrogen-bond donors (Lipinski definition) is 3. The summed E-state index contributed by atoms with van der Waals surface area (Å²) in [4.78, 5) is 23.7. The van der Waals surface area contributed by atoms with E-state index in [1.54, 1.807) is 18.2 Å². The van der Waals surface area contributed by atoms with Crippen LogP contribution in [0.2, 0.25) is 0 Å². The van der Waals surface area contributed by atoms with Crippen molar-refractivity contribution in [3.63, 3.8) is 0 Å². The summed E-state index contributed by atoms with van der Waals surface area (Å²) in [6, 6.07) is 15.9. The van der Waals surface area contributed by atoms with Crippen LogP contribution >= 0.6 is 0 Å². The molecule has 0 aliphatic carbocycles. The highest BCUT2D eigenvalue weighted by Gasteiger charge is 2.22. The molecule has 0 saturated heterocycles. The van der Waals surface area contributed by atoms with Crippen LogP contribution in [0, 0.1) is 0 Å². The molecule has 0 aliphatic rings. The molecule has 1 atom stereocenters. The number of nitrogens with one attached hydrogen (secondary N) is 2. The minimum absolute atomic E-state index is 0.272. The third-order valence-electron chi connectivity index (χ3n) is 3.85. The van der Waals surface area contributed by atoms with E-state index in [4.69, 9.17) is 9.52 Å². The molecular weight excluding hydrogens is 320 g/mol. The Balaban J connectivity index is 1.75. The number of carboxylic acid groups (broad SMARTS) is 1. The molecule has 6 heteroatoms. The number of furan rings is 1. The highest BCUT2D eigenvalue weighted by molar-refractivity contribution is 6.04. The van der Waals surface area contributed by atoms with Gasteiger partial charge in [0.2, 0.25) is 5.91 Å². The second kappa shape index (κ2) is 7.63. The lowest BCUT2D eigenvalue weighted by molar-refractivity contribution is -0.139. The predicted octanol–water partition coefficient (Wildman–Crippen LogP) is 3.00. The third-order valence-corrected chi connectivity index (χ3v) is 3.85. The van der Waals surface area contributed by atoms with Crippen LogP contribution in [0.3, 0.4) is 0 Å². The van der Waals surface area contributed by atoms with Crippen LogP contribution in [-0.4, -0.2) is 23.0 Å². The van der Waals surface area contributed by atoms with Gasteiger partial charge in [0.05, 0.1) is 25.3 Å². The van der Waals surface area contributed by atoms with E-state index >= 15 is 0 Å². The van der Waals surface area contributed by atoms with Gasteiger partial charge in [-0.15, -0.1) is 0 Å². The molecule has 1 aromatic heterocycles. The number of benzene rings is 2. The van der Waals surface area contributed by atoms with Crippen molar-refractivity contribution in [2.45, 2.75) is 19.0 Å². The average Bonchev–Trinajstić information content (AvgIpc) is 3.12. The predicted molar refractivity (Wildman–Crippen MR) is 94.2 cm³/mol. The first kappa shape index (κ1) is 16.7. The fourth-order valence-electron chi connectivity index (χ4n) is 2.62. The Morgan fingerprint density at radius 2 is 1.84 bits per heavy atom. The first-order chi connectivity index (χ1) is 12.1. The molecule has 0 saturated carbocycles. The molecule has 1 heterocycles. The lowest BCUT2D eigenvalue weighted by Gasteiger charge is -2.17. The molecular formula is C19H18N2O4. The SMILES string of the molecule is O=C(O)C[C@@H](NCc1ccco1)C(=O)Nc1cccc2ccccc12. The zero-order valence-electron chi connectivity index (χ0n) is 13.4. The highest BCUT2D eigenvalue weighted by atomic mass is 16.4. The first-order valence-corrected chi connectivity index (χ1v) is 7.89. The first-order valence-electron chi connectivity index (χ1n) is 7.89. The molecule has 0 fully saturated rings. The maximum atomic E-state index is 12.6. The summed E-state index contributed by atoms with van der Waals surface area (Å²) in [5.41, 5.74) is 0.651. The third kappa shape index (κ3) is 4.24. The number of amides is 1. The zero-order valence-corrected chi connectivity index (χ0v) is 13.4. The fourth-order valence-corrected chi connectivity index (χ4v) is 2.62. The molecule has 128 valence electrons. The summed E-state index contributed by atoms with van der Waals surface area (Å²) in [6.45, 7) is 0.272. The van der Waals surface area contributed by atoms with Gasteiger partial charge in [0.15, 0.2) is 0 Å². The quantitative estimate of drug-likeness (QED) is 0.616. The van der Waals surface area contributed by atoms with E-state index in [1.807, 2.05) is 36.4 Å². The van der Waals surface area contributed by atoms with E-state index in [9.17, 15) is 9.59 Å². The van der Waals surface area contributed by atoms with Gasteiger partial charge in [0.1, 0.15) is 5.76 Å². The Kier molecular flexibility index (Phi) is 5.11. The molecule has 3 rings (SSSR count). The zero-order chi connectivity index (χ0) is 17.6.